The largest absolute Gasteiger partial charge is 0.356 e. The summed E-state index contributed by atoms with van der Waals surface area (Å²) in [6, 6.07) is 8.48. The monoisotopic (exact) mass is 368 g/mol. The highest BCUT2D eigenvalue weighted by molar-refractivity contribution is 7.89. The number of sulfonamides is 1. The van der Waals surface area contributed by atoms with E-state index in [1.165, 1.54) is 15.4 Å². The van der Waals surface area contributed by atoms with Gasteiger partial charge in [-0.2, -0.15) is 0 Å². The van der Waals surface area contributed by atoms with E-state index in [1.807, 2.05) is 13.8 Å². The number of hydrogen-bond donors (Lipinski definition) is 2. The van der Waals surface area contributed by atoms with E-state index in [9.17, 15) is 8.42 Å². The van der Waals surface area contributed by atoms with Crippen LogP contribution >= 0.6 is 0 Å². The van der Waals surface area contributed by atoms with Crippen molar-refractivity contribution in [3.8, 4) is 0 Å². The van der Waals surface area contributed by atoms with Crippen molar-refractivity contribution < 1.29 is 8.42 Å². The SMILES string of the molecule is CCN(CC)S(=O)(=O)CCNC(=NC)NCC(C)c1ccc(C)cc1. The highest BCUT2D eigenvalue weighted by Crippen LogP contribution is 2.14. The molecule has 0 saturated carbocycles. The summed E-state index contributed by atoms with van der Waals surface area (Å²) >= 11 is 0. The molecular formula is C18H32N4O2S. The topological polar surface area (TPSA) is 73.8 Å². The molecule has 0 fully saturated rings. The Balaban J connectivity index is 2.46. The number of aliphatic imine (C=N–C) groups is 1. The van der Waals surface area contributed by atoms with Gasteiger partial charge in [0.1, 0.15) is 0 Å². The Bertz CT molecular complexity index is 638. The van der Waals surface area contributed by atoms with Gasteiger partial charge in [0, 0.05) is 33.2 Å². The Morgan fingerprint density at radius 3 is 2.28 bits per heavy atom. The molecule has 6 nitrogen and oxygen atoms in total. The van der Waals surface area contributed by atoms with Gasteiger partial charge in [-0.25, -0.2) is 12.7 Å². The van der Waals surface area contributed by atoms with E-state index in [1.54, 1.807) is 7.05 Å². The zero-order valence-electron chi connectivity index (χ0n) is 16.0. The zero-order chi connectivity index (χ0) is 18.9. The van der Waals surface area contributed by atoms with Crippen molar-refractivity contribution in [1.29, 1.82) is 0 Å². The van der Waals surface area contributed by atoms with E-state index in [2.05, 4.69) is 53.7 Å². The van der Waals surface area contributed by atoms with Crippen LogP contribution in [0.3, 0.4) is 0 Å². The number of aryl methyl sites for hydroxylation is 1. The van der Waals surface area contributed by atoms with Gasteiger partial charge in [-0.3, -0.25) is 4.99 Å². The molecule has 0 radical (unpaired) electrons. The minimum absolute atomic E-state index is 0.0584. The average molecular weight is 369 g/mol. The number of nitrogens with zero attached hydrogens (tertiary/aromatic N) is 2. The van der Waals surface area contributed by atoms with E-state index in [0.717, 1.165) is 6.54 Å². The third-order valence-corrected chi connectivity index (χ3v) is 6.22. The molecule has 1 aromatic carbocycles. The van der Waals surface area contributed by atoms with Crippen LogP contribution in [0.25, 0.3) is 0 Å². The summed E-state index contributed by atoms with van der Waals surface area (Å²) in [7, 11) is -1.53. The molecule has 1 atom stereocenters. The predicted octanol–water partition coefficient (Wildman–Crippen LogP) is 1.94. The number of benzene rings is 1. The lowest BCUT2D eigenvalue weighted by Crippen LogP contribution is -2.43. The summed E-state index contributed by atoms with van der Waals surface area (Å²) in [5.74, 6) is 1.01. The van der Waals surface area contributed by atoms with Crippen LogP contribution in [0.2, 0.25) is 0 Å². The molecule has 1 aromatic rings. The van der Waals surface area contributed by atoms with Crippen molar-refractivity contribution in [2.24, 2.45) is 4.99 Å². The van der Waals surface area contributed by atoms with Crippen LogP contribution in [0.15, 0.2) is 29.3 Å². The maximum absolute atomic E-state index is 12.2. The smallest absolute Gasteiger partial charge is 0.215 e. The summed E-state index contributed by atoms with van der Waals surface area (Å²) in [6.45, 7) is 9.98. The average Bonchev–Trinajstić information content (AvgIpc) is 2.59. The van der Waals surface area contributed by atoms with E-state index in [0.29, 0.717) is 31.5 Å². The maximum atomic E-state index is 12.2. The van der Waals surface area contributed by atoms with Gasteiger partial charge in [0.2, 0.25) is 10.0 Å². The third-order valence-electron chi connectivity index (χ3n) is 4.20. The molecule has 1 unspecified atom stereocenters. The van der Waals surface area contributed by atoms with Crippen molar-refractivity contribution in [1.82, 2.24) is 14.9 Å². The lowest BCUT2D eigenvalue weighted by Gasteiger charge is -2.20. The van der Waals surface area contributed by atoms with Gasteiger partial charge in [0.05, 0.1) is 5.75 Å². The summed E-state index contributed by atoms with van der Waals surface area (Å²) in [5, 5.41) is 6.33. The zero-order valence-corrected chi connectivity index (χ0v) is 16.9. The first kappa shape index (κ1) is 21.4. The lowest BCUT2D eigenvalue weighted by atomic mass is 10.0. The first-order valence-corrected chi connectivity index (χ1v) is 10.4. The lowest BCUT2D eigenvalue weighted by molar-refractivity contribution is 0.445. The predicted molar refractivity (Wildman–Crippen MR) is 106 cm³/mol. The fraction of sp³-hybridized carbons (Fsp3) is 0.611. The molecule has 0 amide bonds. The maximum Gasteiger partial charge on any atom is 0.215 e. The molecule has 0 heterocycles. The molecule has 0 aliphatic rings. The van der Waals surface area contributed by atoms with Gasteiger partial charge in [-0.15, -0.1) is 0 Å². The number of nitrogens with one attached hydrogen (secondary N) is 2. The summed E-state index contributed by atoms with van der Waals surface area (Å²) in [6.07, 6.45) is 0. The number of guanidine groups is 1. The van der Waals surface area contributed by atoms with Gasteiger partial charge in [0.25, 0.3) is 0 Å². The molecule has 142 valence electrons. The van der Waals surface area contributed by atoms with Crippen molar-refractivity contribution in [2.75, 3.05) is 39.0 Å². The molecule has 1 rings (SSSR count). The Morgan fingerprint density at radius 1 is 1.16 bits per heavy atom. The van der Waals surface area contributed by atoms with Crippen LogP contribution in [0.4, 0.5) is 0 Å². The number of hydrogen-bond acceptors (Lipinski definition) is 3. The van der Waals surface area contributed by atoms with Gasteiger partial charge in [-0.05, 0) is 18.4 Å². The number of rotatable bonds is 9. The van der Waals surface area contributed by atoms with Gasteiger partial charge in [-0.1, -0.05) is 50.6 Å². The second-order valence-electron chi connectivity index (χ2n) is 6.09. The van der Waals surface area contributed by atoms with Crippen LogP contribution in [0.1, 0.15) is 37.8 Å². The van der Waals surface area contributed by atoms with E-state index >= 15 is 0 Å². The normalized spacial score (nSPS) is 13.8. The molecule has 0 aliphatic heterocycles. The van der Waals surface area contributed by atoms with Crippen LogP contribution in [0.5, 0.6) is 0 Å². The molecular weight excluding hydrogens is 336 g/mol. The summed E-state index contributed by atoms with van der Waals surface area (Å²) in [4.78, 5) is 4.16. The second kappa shape index (κ2) is 10.4. The Hall–Kier alpha value is -1.60. The Kier molecular flexibility index (Phi) is 8.92. The van der Waals surface area contributed by atoms with Gasteiger partial charge < -0.3 is 10.6 Å². The van der Waals surface area contributed by atoms with Crippen LogP contribution in [-0.4, -0.2) is 57.7 Å². The van der Waals surface area contributed by atoms with E-state index in [4.69, 9.17) is 0 Å². The Labute approximate surface area is 152 Å². The second-order valence-corrected chi connectivity index (χ2v) is 8.18. The molecule has 2 N–H and O–H groups in total. The molecule has 0 saturated heterocycles. The molecule has 0 aromatic heterocycles. The first-order chi connectivity index (χ1) is 11.8. The minimum atomic E-state index is -3.22. The molecule has 0 aliphatic carbocycles. The van der Waals surface area contributed by atoms with E-state index in [-0.39, 0.29) is 5.75 Å². The standard InChI is InChI=1S/C18H32N4O2S/c1-6-22(7-2)25(23,24)13-12-20-18(19-5)21-14-16(4)17-10-8-15(3)9-11-17/h8-11,16H,6-7,12-14H2,1-5H3,(H2,19,20,21). The summed E-state index contributed by atoms with van der Waals surface area (Å²) in [5.41, 5.74) is 2.51. The van der Waals surface area contributed by atoms with Gasteiger partial charge >= 0.3 is 0 Å². The fourth-order valence-corrected chi connectivity index (χ4v) is 3.93. The third kappa shape index (κ3) is 7.04. The first-order valence-electron chi connectivity index (χ1n) is 8.82. The molecule has 0 bridgehead atoms. The molecule has 0 spiro atoms. The van der Waals surface area contributed by atoms with Crippen molar-refractivity contribution in [3.63, 3.8) is 0 Å². The minimum Gasteiger partial charge on any atom is -0.356 e. The van der Waals surface area contributed by atoms with E-state index < -0.39 is 10.0 Å². The molecule has 7 heteroatoms. The summed E-state index contributed by atoms with van der Waals surface area (Å²) < 4.78 is 25.8. The molecule has 25 heavy (non-hydrogen) atoms. The quantitative estimate of drug-likeness (QED) is 0.516. The van der Waals surface area contributed by atoms with Gasteiger partial charge in [0.15, 0.2) is 5.96 Å². The van der Waals surface area contributed by atoms with Crippen molar-refractivity contribution >= 4 is 16.0 Å². The highest BCUT2D eigenvalue weighted by atomic mass is 32.2. The fourth-order valence-electron chi connectivity index (χ4n) is 2.53. The van der Waals surface area contributed by atoms with Crippen LogP contribution < -0.4 is 10.6 Å². The Morgan fingerprint density at radius 2 is 1.76 bits per heavy atom. The highest BCUT2D eigenvalue weighted by Gasteiger charge is 2.18. The van der Waals surface area contributed by atoms with Crippen LogP contribution in [0, 0.1) is 6.92 Å². The van der Waals surface area contributed by atoms with Crippen LogP contribution in [-0.2, 0) is 10.0 Å². The van der Waals surface area contributed by atoms with Crippen molar-refractivity contribution in [3.05, 3.63) is 35.4 Å². The van der Waals surface area contributed by atoms with Crippen molar-refractivity contribution in [2.45, 2.75) is 33.6 Å².